The van der Waals surface area contributed by atoms with E-state index in [9.17, 15) is 4.79 Å². The summed E-state index contributed by atoms with van der Waals surface area (Å²) in [6.45, 7) is 0. The quantitative estimate of drug-likeness (QED) is 0.715. The van der Waals surface area contributed by atoms with Crippen molar-refractivity contribution in [2.24, 2.45) is 0 Å². The molecule has 0 aliphatic heterocycles. The van der Waals surface area contributed by atoms with Gasteiger partial charge < -0.3 is 4.74 Å². The Morgan fingerprint density at radius 3 is 2.82 bits per heavy atom. The minimum atomic E-state index is -0.773. The Hall–Kier alpha value is -0.740. The van der Waals surface area contributed by atoms with Crippen LogP contribution in [0.4, 0.5) is 0 Å². The number of thiophene rings is 1. The molecule has 0 unspecified atom stereocenters. The molecule has 11 heavy (non-hydrogen) atoms. The molecule has 0 spiro atoms. The van der Waals surface area contributed by atoms with E-state index in [1.54, 1.807) is 0 Å². The Bertz CT molecular complexity index is 284. The lowest BCUT2D eigenvalue weighted by molar-refractivity contribution is 0.0989. The van der Waals surface area contributed by atoms with E-state index in [2.05, 4.69) is 0 Å². The van der Waals surface area contributed by atoms with Crippen molar-refractivity contribution in [3.8, 4) is 5.75 Å². The van der Waals surface area contributed by atoms with Crippen LogP contribution in [0.1, 0.15) is 10.4 Å². The molecule has 1 radical (unpaired) electrons. The van der Waals surface area contributed by atoms with Gasteiger partial charge in [0.05, 0.1) is 12.7 Å². The molecular weight excluding hydrogens is 186 g/mol. The summed E-state index contributed by atoms with van der Waals surface area (Å²) < 4.78 is 5.22. The first-order valence-corrected chi connectivity index (χ1v) is 3.99. The van der Waals surface area contributed by atoms with Crippen LogP contribution in [0.15, 0.2) is 5.38 Å². The van der Waals surface area contributed by atoms with Crippen molar-refractivity contribution in [3.05, 3.63) is 15.3 Å². The van der Waals surface area contributed by atoms with Crippen LogP contribution < -0.4 is 10.5 Å². The summed E-state index contributed by atoms with van der Waals surface area (Å²) in [5.74, 6) is -0.471. The van der Waals surface area contributed by atoms with Gasteiger partial charge in [0.15, 0.2) is 5.75 Å². The van der Waals surface area contributed by atoms with Gasteiger partial charge in [-0.25, -0.2) is 0 Å². The van der Waals surface area contributed by atoms with E-state index in [0.29, 0.717) is 10.1 Å². The van der Waals surface area contributed by atoms with Gasteiger partial charge in [0, 0.05) is 5.38 Å². The van der Waals surface area contributed by atoms with Gasteiger partial charge in [-0.2, -0.15) is 0 Å². The average molecular weight is 191 g/mol. The molecule has 59 valence electrons. The molecule has 0 aliphatic carbocycles. The van der Waals surface area contributed by atoms with E-state index in [1.807, 2.05) is 0 Å². The van der Waals surface area contributed by atoms with Crippen LogP contribution >= 0.6 is 22.9 Å². The van der Waals surface area contributed by atoms with Crippen LogP contribution in [0.5, 0.6) is 5.75 Å². The molecule has 0 saturated carbocycles. The largest absolute Gasteiger partial charge is 0.493 e. The minimum Gasteiger partial charge on any atom is -0.493 e. The molecule has 0 bridgehead atoms. The van der Waals surface area contributed by atoms with Gasteiger partial charge in [0.25, 0.3) is 5.91 Å². The summed E-state index contributed by atoms with van der Waals surface area (Å²) in [6, 6.07) is 0. The van der Waals surface area contributed by atoms with Gasteiger partial charge in [0.1, 0.15) is 4.34 Å². The third kappa shape index (κ3) is 1.46. The molecule has 1 aromatic rings. The maximum Gasteiger partial charge on any atom is 0.274 e. The van der Waals surface area contributed by atoms with Crippen LogP contribution in [0.2, 0.25) is 4.34 Å². The fourth-order valence-corrected chi connectivity index (χ4v) is 1.72. The predicted molar refractivity (Wildman–Crippen MR) is 43.3 cm³/mol. The molecule has 1 rings (SSSR count). The fraction of sp³-hybridized carbons (Fsp3) is 0.167. The normalized spacial score (nSPS) is 9.64. The average Bonchev–Trinajstić information content (AvgIpc) is 2.30. The number of carbonyl (C=O) groups excluding carboxylic acids is 1. The summed E-state index contributed by atoms with van der Waals surface area (Å²) in [5.41, 5.74) is 7.03. The highest BCUT2D eigenvalue weighted by Gasteiger charge is 2.14. The lowest BCUT2D eigenvalue weighted by atomic mass is 10.3. The number of amides is 1. The monoisotopic (exact) mass is 190 g/mol. The van der Waals surface area contributed by atoms with Crippen molar-refractivity contribution in [1.82, 2.24) is 5.73 Å². The number of hydrogen-bond donors (Lipinski definition) is 0. The van der Waals surface area contributed by atoms with Gasteiger partial charge in [0.2, 0.25) is 0 Å². The fourth-order valence-electron chi connectivity index (χ4n) is 0.670. The zero-order valence-electron chi connectivity index (χ0n) is 5.68. The highest BCUT2D eigenvalue weighted by atomic mass is 35.5. The van der Waals surface area contributed by atoms with Crippen molar-refractivity contribution in [1.29, 1.82) is 0 Å². The maximum atomic E-state index is 10.6. The molecule has 1 amide bonds. The Labute approximate surface area is 72.7 Å². The Balaban J connectivity index is 3.15. The van der Waals surface area contributed by atoms with Gasteiger partial charge in [-0.3, -0.25) is 10.5 Å². The Kier molecular flexibility index (Phi) is 2.36. The number of nitrogens with one attached hydrogen (secondary N) is 1. The van der Waals surface area contributed by atoms with E-state index in [4.69, 9.17) is 22.1 Å². The summed E-state index contributed by atoms with van der Waals surface area (Å²) >= 11 is 6.83. The van der Waals surface area contributed by atoms with Crippen molar-refractivity contribution in [2.45, 2.75) is 0 Å². The first kappa shape index (κ1) is 8.36. The van der Waals surface area contributed by atoms with Crippen LogP contribution in [0.25, 0.3) is 0 Å². The van der Waals surface area contributed by atoms with Crippen molar-refractivity contribution in [3.63, 3.8) is 0 Å². The first-order valence-electron chi connectivity index (χ1n) is 2.73. The van der Waals surface area contributed by atoms with Gasteiger partial charge in [-0.05, 0) is 0 Å². The number of ether oxygens (including phenoxy) is 1. The third-order valence-electron chi connectivity index (χ3n) is 1.15. The minimum absolute atomic E-state index is 0.225. The molecule has 0 aromatic carbocycles. The molecular formula is C6H5ClNO2S. The van der Waals surface area contributed by atoms with E-state index in [-0.39, 0.29) is 5.56 Å². The van der Waals surface area contributed by atoms with Crippen LogP contribution in [0.3, 0.4) is 0 Å². The summed E-state index contributed by atoms with van der Waals surface area (Å²) in [5, 5.41) is 1.51. The second-order valence-electron chi connectivity index (χ2n) is 1.79. The predicted octanol–water partition coefficient (Wildman–Crippen LogP) is 1.83. The zero-order valence-corrected chi connectivity index (χ0v) is 7.25. The van der Waals surface area contributed by atoms with Crippen molar-refractivity contribution in [2.75, 3.05) is 7.11 Å². The third-order valence-corrected chi connectivity index (χ3v) is 2.34. The highest BCUT2D eigenvalue weighted by molar-refractivity contribution is 7.15. The van der Waals surface area contributed by atoms with Crippen molar-refractivity contribution < 1.29 is 9.53 Å². The van der Waals surface area contributed by atoms with Crippen LogP contribution in [0, 0.1) is 0 Å². The standard InChI is InChI=1S/C6H5ClNO2S/c1-10-4-3(6(8)9)2-11-5(4)7/h2,8H,1H3. The van der Waals surface area contributed by atoms with Gasteiger partial charge >= 0.3 is 0 Å². The smallest absolute Gasteiger partial charge is 0.274 e. The SMILES string of the molecule is COc1c(C([NH])=O)csc1Cl. The topological polar surface area (TPSA) is 50.1 Å². The van der Waals surface area contributed by atoms with Gasteiger partial charge in [-0.1, -0.05) is 11.6 Å². The summed E-state index contributed by atoms with van der Waals surface area (Å²) in [6.07, 6.45) is 0. The second-order valence-corrected chi connectivity index (χ2v) is 3.27. The number of methoxy groups -OCH3 is 1. The maximum absolute atomic E-state index is 10.6. The highest BCUT2D eigenvalue weighted by Crippen LogP contribution is 2.34. The van der Waals surface area contributed by atoms with Crippen molar-refractivity contribution >= 4 is 28.8 Å². The molecule has 1 N–H and O–H groups in total. The molecule has 0 fully saturated rings. The lowest BCUT2D eigenvalue weighted by Crippen LogP contribution is -1.98. The molecule has 3 nitrogen and oxygen atoms in total. The summed E-state index contributed by atoms with van der Waals surface area (Å²) in [7, 11) is 1.42. The molecule has 0 saturated heterocycles. The van der Waals surface area contributed by atoms with Crippen LogP contribution in [-0.4, -0.2) is 13.0 Å². The number of rotatable bonds is 2. The number of hydrogen-bond acceptors (Lipinski definition) is 3. The number of carbonyl (C=O) groups is 1. The van der Waals surface area contributed by atoms with Gasteiger partial charge in [-0.15, -0.1) is 11.3 Å². The molecule has 1 aromatic heterocycles. The molecule has 0 atom stereocenters. The van der Waals surface area contributed by atoms with E-state index < -0.39 is 5.91 Å². The zero-order chi connectivity index (χ0) is 8.43. The second kappa shape index (κ2) is 3.11. The first-order chi connectivity index (χ1) is 5.16. The van der Waals surface area contributed by atoms with Crippen LogP contribution in [-0.2, 0) is 0 Å². The molecule has 1 heterocycles. The van der Waals surface area contributed by atoms with E-state index in [1.165, 1.54) is 23.8 Å². The molecule has 0 aliphatic rings. The lowest BCUT2D eigenvalue weighted by Gasteiger charge is -1.97. The molecule has 5 heteroatoms. The van der Waals surface area contributed by atoms with E-state index >= 15 is 0 Å². The van der Waals surface area contributed by atoms with E-state index in [0.717, 1.165) is 0 Å². The Morgan fingerprint density at radius 2 is 2.45 bits per heavy atom. The number of halogens is 1. The summed E-state index contributed by atoms with van der Waals surface area (Å²) in [4.78, 5) is 10.6. The Morgan fingerprint density at radius 1 is 1.82 bits per heavy atom.